The molecule has 0 amide bonds. The molecule has 6 heteroatoms. The van der Waals surface area contributed by atoms with Gasteiger partial charge in [0.2, 0.25) is 0 Å². The van der Waals surface area contributed by atoms with Crippen LogP contribution in [0.2, 0.25) is 5.02 Å². The molecule has 0 bridgehead atoms. The Morgan fingerprint density at radius 2 is 1.73 bits per heavy atom. The first-order chi connectivity index (χ1) is 14.6. The lowest BCUT2D eigenvalue weighted by atomic mass is 9.94. The molecule has 1 unspecified atom stereocenters. The van der Waals surface area contributed by atoms with Crippen molar-refractivity contribution in [3.8, 4) is 11.5 Å². The molecule has 4 rings (SSSR count). The van der Waals surface area contributed by atoms with Gasteiger partial charge < -0.3 is 19.7 Å². The number of hydrogen-bond acceptors (Lipinski definition) is 5. The Bertz CT molecular complexity index is 965. The van der Waals surface area contributed by atoms with Crippen LogP contribution in [0.5, 0.6) is 11.5 Å². The monoisotopic (exact) mass is 425 g/mol. The Kier molecular flexibility index (Phi) is 6.65. The molecular weight excluding hydrogens is 402 g/mol. The molecule has 0 saturated carbocycles. The molecule has 0 aliphatic carbocycles. The first-order valence-corrected chi connectivity index (χ1v) is 10.4. The van der Waals surface area contributed by atoms with Gasteiger partial charge in [0.05, 0.1) is 24.9 Å². The van der Waals surface area contributed by atoms with E-state index in [1.54, 1.807) is 12.4 Å². The number of hydrogen-bond donors (Lipinski definition) is 2. The zero-order valence-corrected chi connectivity index (χ0v) is 17.2. The van der Waals surface area contributed by atoms with E-state index < -0.39 is 6.10 Å². The van der Waals surface area contributed by atoms with Crippen LogP contribution >= 0.6 is 11.6 Å². The van der Waals surface area contributed by atoms with Gasteiger partial charge in [-0.3, -0.25) is 4.98 Å². The minimum atomic E-state index is -0.479. The Hall–Kier alpha value is -2.44. The van der Waals surface area contributed by atoms with E-state index in [4.69, 9.17) is 21.1 Å². The summed E-state index contributed by atoms with van der Waals surface area (Å²) in [6.07, 6.45) is 3.95. The molecule has 2 heterocycles. The molecule has 1 aliphatic rings. The molecule has 0 radical (unpaired) electrons. The predicted molar refractivity (Wildman–Crippen MR) is 115 cm³/mol. The average molecular weight is 426 g/mol. The molecule has 1 aliphatic heterocycles. The van der Waals surface area contributed by atoms with Gasteiger partial charge in [0.1, 0.15) is 11.5 Å². The van der Waals surface area contributed by atoms with Crippen molar-refractivity contribution in [1.82, 2.24) is 4.98 Å². The Labute approximate surface area is 180 Å². The van der Waals surface area contributed by atoms with E-state index in [9.17, 15) is 10.2 Å². The second-order valence-electron chi connectivity index (χ2n) is 7.51. The maximum absolute atomic E-state index is 10.1. The number of halogens is 1. The maximum atomic E-state index is 10.1. The molecule has 1 fully saturated rings. The Balaban J connectivity index is 1.47. The van der Waals surface area contributed by atoms with Gasteiger partial charge in [-0.2, -0.15) is 0 Å². The number of aliphatic hydroxyl groups excluding tert-OH is 2. The van der Waals surface area contributed by atoms with Gasteiger partial charge in [-0.25, -0.2) is 0 Å². The van der Waals surface area contributed by atoms with E-state index in [0.717, 1.165) is 28.2 Å². The first kappa shape index (κ1) is 20.8. The van der Waals surface area contributed by atoms with Crippen LogP contribution in [0, 0.1) is 0 Å². The number of pyridine rings is 1. The van der Waals surface area contributed by atoms with Crippen LogP contribution in [0.3, 0.4) is 0 Å². The summed E-state index contributed by atoms with van der Waals surface area (Å²) in [5, 5.41) is 20.2. The van der Waals surface area contributed by atoms with Gasteiger partial charge >= 0.3 is 0 Å². The largest absolute Gasteiger partial charge is 0.457 e. The molecule has 1 aromatic heterocycles. The molecule has 3 aromatic rings. The van der Waals surface area contributed by atoms with E-state index in [1.807, 2.05) is 54.6 Å². The molecule has 2 aromatic carbocycles. The van der Waals surface area contributed by atoms with E-state index in [2.05, 4.69) is 4.98 Å². The Morgan fingerprint density at radius 1 is 1.00 bits per heavy atom. The van der Waals surface area contributed by atoms with Crippen molar-refractivity contribution in [2.24, 2.45) is 0 Å². The zero-order chi connectivity index (χ0) is 20.9. The molecule has 3 atom stereocenters. The Morgan fingerprint density at radius 3 is 2.47 bits per heavy atom. The standard InChI is InChI=1S/C24H24ClNO4/c25-23-6-3-17(24-14-19(28)13-22(15-27)30-24)12-18(23)11-16-1-4-20(5-2-16)29-21-7-9-26-10-8-21/h1-10,12,19,22,24,27-28H,11,13-15H2/t19?,22-,24+/m0/s1. The highest BCUT2D eigenvalue weighted by atomic mass is 35.5. The van der Waals surface area contributed by atoms with Crippen molar-refractivity contribution in [2.45, 2.75) is 37.6 Å². The summed E-state index contributed by atoms with van der Waals surface area (Å²) in [5.74, 6) is 1.49. The van der Waals surface area contributed by atoms with Crippen LogP contribution in [0.25, 0.3) is 0 Å². The van der Waals surface area contributed by atoms with Crippen molar-refractivity contribution in [3.63, 3.8) is 0 Å². The third kappa shape index (κ3) is 5.18. The van der Waals surface area contributed by atoms with Crippen LogP contribution in [0.1, 0.15) is 35.6 Å². The summed E-state index contributed by atoms with van der Waals surface area (Å²) in [7, 11) is 0. The first-order valence-electron chi connectivity index (χ1n) is 10.00. The van der Waals surface area contributed by atoms with Crippen molar-refractivity contribution in [2.75, 3.05) is 6.61 Å². The molecule has 30 heavy (non-hydrogen) atoms. The number of ether oxygens (including phenoxy) is 2. The fourth-order valence-electron chi connectivity index (χ4n) is 3.69. The SMILES string of the molecule is OC[C@@H]1CC(O)C[C@H](c2ccc(Cl)c(Cc3ccc(Oc4ccncc4)cc3)c2)O1. The highest BCUT2D eigenvalue weighted by Gasteiger charge is 2.29. The van der Waals surface area contributed by atoms with Gasteiger partial charge in [-0.1, -0.05) is 35.9 Å². The highest BCUT2D eigenvalue weighted by Crippen LogP contribution is 2.34. The predicted octanol–water partition coefficient (Wildman–Crippen LogP) is 4.69. The minimum absolute atomic E-state index is 0.0953. The topological polar surface area (TPSA) is 71.8 Å². The summed E-state index contributed by atoms with van der Waals surface area (Å²) in [4.78, 5) is 3.98. The fourth-order valence-corrected chi connectivity index (χ4v) is 3.87. The number of benzene rings is 2. The van der Waals surface area contributed by atoms with E-state index >= 15 is 0 Å². The quantitative estimate of drug-likeness (QED) is 0.599. The molecular formula is C24H24ClNO4. The molecule has 2 N–H and O–H groups in total. The summed E-state index contributed by atoms with van der Waals surface area (Å²) in [6, 6.07) is 17.3. The van der Waals surface area contributed by atoms with Crippen LogP contribution in [0.15, 0.2) is 67.0 Å². The lowest BCUT2D eigenvalue weighted by Gasteiger charge is -2.32. The highest BCUT2D eigenvalue weighted by molar-refractivity contribution is 6.31. The number of rotatable bonds is 6. The number of aromatic nitrogens is 1. The van der Waals surface area contributed by atoms with Crippen molar-refractivity contribution >= 4 is 11.6 Å². The molecule has 0 spiro atoms. The smallest absolute Gasteiger partial charge is 0.130 e. The van der Waals surface area contributed by atoms with E-state index in [-0.39, 0.29) is 18.8 Å². The second kappa shape index (κ2) is 9.58. The summed E-state index contributed by atoms with van der Waals surface area (Å²) < 4.78 is 11.7. The van der Waals surface area contributed by atoms with Gasteiger partial charge in [0.15, 0.2) is 0 Å². The van der Waals surface area contributed by atoms with Crippen molar-refractivity contribution < 1.29 is 19.7 Å². The maximum Gasteiger partial charge on any atom is 0.130 e. The van der Waals surface area contributed by atoms with Crippen molar-refractivity contribution in [3.05, 3.63) is 88.7 Å². The van der Waals surface area contributed by atoms with E-state index in [1.165, 1.54) is 0 Å². The van der Waals surface area contributed by atoms with Gasteiger partial charge in [-0.15, -0.1) is 0 Å². The van der Waals surface area contributed by atoms with Crippen molar-refractivity contribution in [1.29, 1.82) is 0 Å². The summed E-state index contributed by atoms with van der Waals surface area (Å²) in [5.41, 5.74) is 3.05. The van der Waals surface area contributed by atoms with E-state index in [0.29, 0.717) is 24.3 Å². The van der Waals surface area contributed by atoms with Crippen LogP contribution in [0.4, 0.5) is 0 Å². The lowest BCUT2D eigenvalue weighted by molar-refractivity contribution is -0.113. The van der Waals surface area contributed by atoms with Crippen LogP contribution < -0.4 is 4.74 Å². The molecule has 156 valence electrons. The summed E-state index contributed by atoms with van der Waals surface area (Å²) in [6.45, 7) is -0.0953. The third-order valence-corrected chi connectivity index (χ3v) is 5.60. The second-order valence-corrected chi connectivity index (χ2v) is 7.92. The van der Waals surface area contributed by atoms with Gasteiger partial charge in [-0.05, 0) is 53.4 Å². The average Bonchev–Trinajstić information content (AvgIpc) is 2.77. The minimum Gasteiger partial charge on any atom is -0.457 e. The normalized spacial score (nSPS) is 21.4. The van der Waals surface area contributed by atoms with Gasteiger partial charge in [0, 0.05) is 30.3 Å². The third-order valence-electron chi connectivity index (χ3n) is 5.23. The summed E-state index contributed by atoms with van der Waals surface area (Å²) >= 11 is 6.45. The molecule has 1 saturated heterocycles. The number of nitrogens with zero attached hydrogens (tertiary/aromatic N) is 1. The van der Waals surface area contributed by atoms with Gasteiger partial charge in [0.25, 0.3) is 0 Å². The fraction of sp³-hybridized carbons (Fsp3) is 0.292. The molecule has 5 nitrogen and oxygen atoms in total. The van der Waals surface area contributed by atoms with Crippen LogP contribution in [-0.2, 0) is 11.2 Å². The lowest BCUT2D eigenvalue weighted by Crippen LogP contribution is -2.33. The zero-order valence-electron chi connectivity index (χ0n) is 16.4. The van der Waals surface area contributed by atoms with Crippen LogP contribution in [-0.4, -0.2) is 34.0 Å². The number of aliphatic hydroxyl groups is 2.